The molecule has 12 heteroatoms. The van der Waals surface area contributed by atoms with E-state index < -0.39 is 74.6 Å². The molecule has 12 nitrogen and oxygen atoms in total. The Morgan fingerprint density at radius 3 is 2.00 bits per heavy atom. The number of hydrogen-bond acceptors (Lipinski definition) is 12. The Morgan fingerprint density at radius 1 is 0.810 bits per heavy atom. The third kappa shape index (κ3) is 8.17. The maximum absolute atomic E-state index is 10.9. The molecule has 4 rings (SSSR count). The van der Waals surface area contributed by atoms with Crippen molar-refractivity contribution in [3.05, 3.63) is 59.7 Å². The summed E-state index contributed by atoms with van der Waals surface area (Å²) in [6.45, 7) is -1.79. The van der Waals surface area contributed by atoms with E-state index in [1.165, 1.54) is 0 Å². The average Bonchev–Trinajstić information content (AvgIpc) is 3.28. The lowest BCUT2D eigenvalue weighted by atomic mass is 9.97. The van der Waals surface area contributed by atoms with Gasteiger partial charge in [-0.15, -0.1) is 0 Å². The second-order valence-electron chi connectivity index (χ2n) is 11.1. The molecule has 0 aromatic heterocycles. The number of phenols is 2. The van der Waals surface area contributed by atoms with Crippen LogP contribution >= 0.6 is 0 Å². The van der Waals surface area contributed by atoms with E-state index in [2.05, 4.69) is 0 Å². The molecule has 0 aliphatic carbocycles. The molecule has 234 valence electrons. The fraction of sp³-hybridized carbons (Fsp3) is 0.600. The summed E-state index contributed by atoms with van der Waals surface area (Å²) in [6.07, 6.45) is -6.32. The van der Waals surface area contributed by atoms with E-state index in [-0.39, 0.29) is 11.5 Å². The van der Waals surface area contributed by atoms with Crippen molar-refractivity contribution in [1.82, 2.24) is 0 Å². The second-order valence-corrected chi connectivity index (χ2v) is 11.1. The molecular weight excluding hydrogens is 552 g/mol. The van der Waals surface area contributed by atoms with Crippen LogP contribution in [-0.4, -0.2) is 115 Å². The van der Waals surface area contributed by atoms with Gasteiger partial charge in [0.25, 0.3) is 0 Å². The molecule has 2 aromatic rings. The number of aliphatic hydroxyl groups is 6. The van der Waals surface area contributed by atoms with Crippen molar-refractivity contribution in [3.8, 4) is 11.5 Å². The van der Waals surface area contributed by atoms with Crippen molar-refractivity contribution in [3.63, 3.8) is 0 Å². The lowest BCUT2D eigenvalue weighted by Crippen LogP contribution is -2.62. The largest absolute Gasteiger partial charge is 0.508 e. The lowest BCUT2D eigenvalue weighted by molar-refractivity contribution is -0.344. The van der Waals surface area contributed by atoms with Crippen LogP contribution in [0, 0.1) is 0 Å². The lowest BCUT2D eigenvalue weighted by Gasteiger charge is -2.43. The van der Waals surface area contributed by atoms with Crippen molar-refractivity contribution in [2.24, 2.45) is 0 Å². The molecule has 0 radical (unpaired) electrons. The number of rotatable bonds is 14. The Hall–Kier alpha value is -2.36. The first-order valence-electron chi connectivity index (χ1n) is 14.3. The first-order chi connectivity index (χ1) is 20.1. The van der Waals surface area contributed by atoms with Gasteiger partial charge < -0.3 is 59.8 Å². The van der Waals surface area contributed by atoms with Crippen LogP contribution < -0.4 is 0 Å². The molecule has 2 heterocycles. The predicted octanol–water partition coefficient (Wildman–Crippen LogP) is 0.0934. The van der Waals surface area contributed by atoms with E-state index in [0.717, 1.165) is 30.4 Å². The predicted molar refractivity (Wildman–Crippen MR) is 147 cm³/mol. The van der Waals surface area contributed by atoms with Gasteiger partial charge in [-0.2, -0.15) is 0 Å². The minimum absolute atomic E-state index is 0.156. The summed E-state index contributed by atoms with van der Waals surface area (Å²) in [5, 5.41) is 80.6. The van der Waals surface area contributed by atoms with Crippen LogP contribution in [0.15, 0.2) is 48.5 Å². The summed E-state index contributed by atoms with van der Waals surface area (Å²) >= 11 is 0. The van der Waals surface area contributed by atoms with E-state index >= 15 is 0 Å². The van der Waals surface area contributed by atoms with Gasteiger partial charge in [-0.1, -0.05) is 30.7 Å². The molecule has 0 amide bonds. The number of phenolic OH excluding ortho intramolecular Hbond substituents is 2. The van der Waals surface area contributed by atoms with Gasteiger partial charge in [0, 0.05) is 0 Å². The first-order valence-corrected chi connectivity index (χ1v) is 14.3. The maximum Gasteiger partial charge on any atom is 0.187 e. The second kappa shape index (κ2) is 14.9. The zero-order chi connectivity index (χ0) is 30.3. The first kappa shape index (κ1) is 32.6. The Labute approximate surface area is 244 Å². The van der Waals surface area contributed by atoms with Gasteiger partial charge in [-0.3, -0.25) is 0 Å². The van der Waals surface area contributed by atoms with E-state index in [1.807, 2.05) is 24.3 Å². The monoisotopic (exact) mass is 594 g/mol. The van der Waals surface area contributed by atoms with Gasteiger partial charge in [0.1, 0.15) is 47.6 Å². The Kier molecular flexibility index (Phi) is 11.5. The number of unbranched alkanes of at least 4 members (excludes halogenated alkanes) is 1. The Bertz CT molecular complexity index is 1080. The van der Waals surface area contributed by atoms with Crippen LogP contribution in [0.25, 0.3) is 0 Å². The van der Waals surface area contributed by atoms with E-state index in [9.17, 15) is 40.9 Å². The smallest absolute Gasteiger partial charge is 0.187 e. The van der Waals surface area contributed by atoms with Crippen LogP contribution in [-0.2, 0) is 31.8 Å². The zero-order valence-electron chi connectivity index (χ0n) is 23.3. The normalized spacial score (nSPS) is 32.2. The molecule has 9 atom stereocenters. The van der Waals surface area contributed by atoms with Crippen molar-refractivity contribution < 1.29 is 59.8 Å². The number of aromatic hydroxyl groups is 2. The Balaban J connectivity index is 1.46. The maximum atomic E-state index is 10.9. The number of aryl methyl sites for hydroxylation is 2. The molecule has 0 bridgehead atoms. The van der Waals surface area contributed by atoms with Crippen LogP contribution in [0.1, 0.15) is 36.8 Å². The SMILES string of the molecule is OC[C@H]1O[C@@H](OC(CCCCc2ccc(O)cc2)CCc2ccc(O)cc2)[C@H](O[C@@H]2OC[C@](O)(CO)[C@H]2O)[C@@H](O)[C@@H]1O. The molecule has 2 aliphatic rings. The molecule has 1 unspecified atom stereocenters. The molecule has 8 N–H and O–H groups in total. The highest BCUT2D eigenvalue weighted by molar-refractivity contribution is 5.26. The average molecular weight is 595 g/mol. The zero-order valence-corrected chi connectivity index (χ0v) is 23.3. The quantitative estimate of drug-likeness (QED) is 0.137. The van der Waals surface area contributed by atoms with Crippen LogP contribution in [0.5, 0.6) is 11.5 Å². The molecule has 2 aliphatic heterocycles. The summed E-state index contributed by atoms with van der Waals surface area (Å²) in [4.78, 5) is 0. The summed E-state index contributed by atoms with van der Waals surface area (Å²) in [5.41, 5.74) is 0.0920. The Morgan fingerprint density at radius 2 is 1.43 bits per heavy atom. The molecule has 0 saturated carbocycles. The van der Waals surface area contributed by atoms with Gasteiger partial charge >= 0.3 is 0 Å². The standard InChI is InChI=1S/C30H42O12/c31-15-23-24(35)25(36)26(42-29-27(37)30(38,16-32)17-39-29)28(41-23)40-22(14-9-19-7-12-21(34)13-8-19)4-2-1-3-18-5-10-20(33)11-6-18/h5-8,10-13,22-29,31-38H,1-4,9,14-17H2/t22?,23-,24-,25+,26-,27+,28-,29+,30-/m1/s1. The number of aliphatic hydroxyl groups excluding tert-OH is 5. The van der Waals surface area contributed by atoms with Gasteiger partial charge in [0.15, 0.2) is 12.6 Å². The van der Waals surface area contributed by atoms with Crippen molar-refractivity contribution >= 4 is 0 Å². The van der Waals surface area contributed by atoms with E-state index in [1.54, 1.807) is 24.3 Å². The summed E-state index contributed by atoms with van der Waals surface area (Å²) in [5.74, 6) is 0.360. The summed E-state index contributed by atoms with van der Waals surface area (Å²) < 4.78 is 23.3. The highest BCUT2D eigenvalue weighted by Crippen LogP contribution is 2.32. The minimum Gasteiger partial charge on any atom is -0.508 e. The van der Waals surface area contributed by atoms with Gasteiger partial charge in [-0.25, -0.2) is 0 Å². The molecule has 0 spiro atoms. The third-order valence-corrected chi connectivity index (χ3v) is 7.89. The number of ether oxygens (including phenoxy) is 4. The fourth-order valence-corrected chi connectivity index (χ4v) is 5.20. The molecule has 2 saturated heterocycles. The van der Waals surface area contributed by atoms with E-state index in [4.69, 9.17) is 18.9 Å². The summed E-state index contributed by atoms with van der Waals surface area (Å²) in [7, 11) is 0. The minimum atomic E-state index is -1.96. The molecule has 42 heavy (non-hydrogen) atoms. The van der Waals surface area contributed by atoms with Crippen molar-refractivity contribution in [2.75, 3.05) is 19.8 Å². The van der Waals surface area contributed by atoms with Crippen LogP contribution in [0.4, 0.5) is 0 Å². The molecular formula is C30H42O12. The highest BCUT2D eigenvalue weighted by Gasteiger charge is 2.53. The van der Waals surface area contributed by atoms with Crippen LogP contribution in [0.3, 0.4) is 0 Å². The van der Waals surface area contributed by atoms with Crippen molar-refractivity contribution in [1.29, 1.82) is 0 Å². The van der Waals surface area contributed by atoms with Gasteiger partial charge in [0.05, 0.1) is 25.9 Å². The highest BCUT2D eigenvalue weighted by atomic mass is 16.8. The molecule has 2 aromatic carbocycles. The molecule has 2 fully saturated rings. The third-order valence-electron chi connectivity index (χ3n) is 7.89. The number of benzene rings is 2. The topological polar surface area (TPSA) is 199 Å². The van der Waals surface area contributed by atoms with Gasteiger partial charge in [0.2, 0.25) is 0 Å². The summed E-state index contributed by atoms with van der Waals surface area (Å²) in [6, 6.07) is 13.8. The van der Waals surface area contributed by atoms with Gasteiger partial charge in [-0.05, 0) is 67.5 Å². The van der Waals surface area contributed by atoms with Crippen LogP contribution in [0.2, 0.25) is 0 Å². The van der Waals surface area contributed by atoms with E-state index in [0.29, 0.717) is 19.3 Å². The number of hydrogen-bond donors (Lipinski definition) is 8. The van der Waals surface area contributed by atoms with Crippen molar-refractivity contribution in [2.45, 2.75) is 93.3 Å². The fourth-order valence-electron chi connectivity index (χ4n) is 5.20.